The highest BCUT2D eigenvalue weighted by atomic mass is 19.4. The summed E-state index contributed by atoms with van der Waals surface area (Å²) in [4.78, 5) is 10.5. The molecule has 0 fully saturated rings. The molecule has 0 heterocycles. The first-order chi connectivity index (χ1) is 8.50. The number of alkyl halides is 6. The average molecular weight is 284 g/mol. The van der Waals surface area contributed by atoms with Gasteiger partial charge < -0.3 is 5.73 Å². The SMILES string of the molecule is NC(=O)C[CH]c1cc(C(F)(F)F)cc(C(F)(F)F)c1. The highest BCUT2D eigenvalue weighted by molar-refractivity contribution is 5.75. The zero-order valence-electron chi connectivity index (χ0n) is 9.27. The molecule has 1 rings (SSSR count). The van der Waals surface area contributed by atoms with E-state index in [1.807, 2.05) is 0 Å². The molecule has 0 aliphatic rings. The Balaban J connectivity index is 3.21. The third-order valence-corrected chi connectivity index (χ3v) is 2.15. The van der Waals surface area contributed by atoms with Crippen molar-refractivity contribution in [2.75, 3.05) is 0 Å². The molecule has 2 N–H and O–H groups in total. The van der Waals surface area contributed by atoms with E-state index in [0.717, 1.165) is 6.42 Å². The van der Waals surface area contributed by atoms with Gasteiger partial charge >= 0.3 is 12.4 Å². The third-order valence-electron chi connectivity index (χ3n) is 2.15. The fourth-order valence-corrected chi connectivity index (χ4v) is 1.32. The molecule has 0 unspecified atom stereocenters. The minimum absolute atomic E-state index is 0.0155. The molecule has 1 aromatic rings. The van der Waals surface area contributed by atoms with Gasteiger partial charge in [0.2, 0.25) is 5.91 Å². The Bertz CT molecular complexity index is 445. The number of nitrogens with two attached hydrogens (primary N) is 1. The van der Waals surface area contributed by atoms with Crippen molar-refractivity contribution in [2.45, 2.75) is 18.8 Å². The van der Waals surface area contributed by atoms with E-state index in [4.69, 9.17) is 5.73 Å². The molecule has 0 aromatic heterocycles. The van der Waals surface area contributed by atoms with E-state index in [2.05, 4.69) is 0 Å². The predicted molar refractivity (Wildman–Crippen MR) is 53.7 cm³/mol. The summed E-state index contributed by atoms with van der Waals surface area (Å²) in [6.45, 7) is 0. The fourth-order valence-electron chi connectivity index (χ4n) is 1.32. The Morgan fingerprint density at radius 2 is 1.42 bits per heavy atom. The lowest BCUT2D eigenvalue weighted by Gasteiger charge is -2.13. The van der Waals surface area contributed by atoms with Crippen LogP contribution in [0.15, 0.2) is 18.2 Å². The van der Waals surface area contributed by atoms with Crippen LogP contribution in [-0.2, 0) is 17.1 Å². The van der Waals surface area contributed by atoms with Gasteiger partial charge in [-0.1, -0.05) is 0 Å². The number of halogens is 6. The highest BCUT2D eigenvalue weighted by Crippen LogP contribution is 2.36. The van der Waals surface area contributed by atoms with Crippen molar-refractivity contribution in [3.05, 3.63) is 41.3 Å². The quantitative estimate of drug-likeness (QED) is 0.851. The van der Waals surface area contributed by atoms with E-state index in [9.17, 15) is 31.1 Å². The van der Waals surface area contributed by atoms with Gasteiger partial charge in [0.15, 0.2) is 0 Å². The van der Waals surface area contributed by atoms with Gasteiger partial charge in [-0.2, -0.15) is 26.3 Å². The van der Waals surface area contributed by atoms with Crippen molar-refractivity contribution in [1.82, 2.24) is 0 Å². The standard InChI is InChI=1S/C11H8F6NO/c12-10(13,14)7-3-6(1-2-9(18)19)4-8(5-7)11(15,16)17/h1,3-5H,2H2,(H2,18,19). The summed E-state index contributed by atoms with van der Waals surface area (Å²) < 4.78 is 74.8. The molecule has 19 heavy (non-hydrogen) atoms. The van der Waals surface area contributed by atoms with E-state index in [1.165, 1.54) is 0 Å². The van der Waals surface area contributed by atoms with Crippen molar-refractivity contribution in [3.8, 4) is 0 Å². The summed E-state index contributed by atoms with van der Waals surface area (Å²) in [7, 11) is 0. The molecule has 0 aliphatic carbocycles. The molecule has 0 saturated carbocycles. The lowest BCUT2D eigenvalue weighted by molar-refractivity contribution is -0.143. The molecule has 1 amide bonds. The van der Waals surface area contributed by atoms with E-state index < -0.39 is 35.8 Å². The van der Waals surface area contributed by atoms with Gasteiger partial charge in [0, 0.05) is 6.42 Å². The van der Waals surface area contributed by atoms with Crippen LogP contribution in [0, 0.1) is 6.42 Å². The van der Waals surface area contributed by atoms with E-state index in [-0.39, 0.29) is 11.6 Å². The molecule has 0 spiro atoms. The smallest absolute Gasteiger partial charge is 0.370 e. The maximum atomic E-state index is 12.5. The van der Waals surface area contributed by atoms with Gasteiger partial charge in [0.05, 0.1) is 11.1 Å². The van der Waals surface area contributed by atoms with E-state index in [0.29, 0.717) is 12.1 Å². The van der Waals surface area contributed by atoms with Crippen LogP contribution in [-0.4, -0.2) is 5.91 Å². The number of primary amides is 1. The average Bonchev–Trinajstić information content (AvgIpc) is 2.23. The minimum Gasteiger partial charge on any atom is -0.370 e. The first kappa shape index (κ1) is 15.3. The van der Waals surface area contributed by atoms with Gasteiger partial charge in [0.25, 0.3) is 0 Å². The Morgan fingerprint density at radius 1 is 1.00 bits per heavy atom. The summed E-state index contributed by atoms with van der Waals surface area (Å²) in [5.74, 6) is -0.856. The molecule has 0 atom stereocenters. The van der Waals surface area contributed by atoms with E-state index >= 15 is 0 Å². The number of rotatable bonds is 3. The van der Waals surface area contributed by atoms with Crippen molar-refractivity contribution >= 4 is 5.91 Å². The lowest BCUT2D eigenvalue weighted by Crippen LogP contribution is -2.13. The summed E-state index contributed by atoms with van der Waals surface area (Å²) in [5, 5.41) is 0. The van der Waals surface area contributed by atoms with Crippen molar-refractivity contribution in [3.63, 3.8) is 0 Å². The summed E-state index contributed by atoms with van der Waals surface area (Å²) >= 11 is 0. The molecule has 105 valence electrons. The molecule has 0 aliphatic heterocycles. The Labute approximate surface area is 104 Å². The molecular formula is C11H8F6NO. The van der Waals surface area contributed by atoms with Crippen LogP contribution in [0.4, 0.5) is 26.3 Å². The van der Waals surface area contributed by atoms with Crippen LogP contribution < -0.4 is 5.73 Å². The molecule has 8 heteroatoms. The molecule has 0 bridgehead atoms. The number of amides is 1. The molecule has 0 saturated heterocycles. The van der Waals surface area contributed by atoms with Gasteiger partial charge in [-0.25, -0.2) is 0 Å². The largest absolute Gasteiger partial charge is 0.416 e. The van der Waals surface area contributed by atoms with Crippen molar-refractivity contribution < 1.29 is 31.1 Å². The van der Waals surface area contributed by atoms with Gasteiger partial charge in [-0.05, 0) is 30.2 Å². The lowest BCUT2D eigenvalue weighted by atomic mass is 10.0. The molecule has 1 radical (unpaired) electrons. The molecular weight excluding hydrogens is 276 g/mol. The fraction of sp³-hybridized carbons (Fsp3) is 0.273. The zero-order chi connectivity index (χ0) is 14.8. The minimum atomic E-state index is -4.91. The highest BCUT2D eigenvalue weighted by Gasteiger charge is 2.36. The summed E-state index contributed by atoms with van der Waals surface area (Å²) in [6, 6.07) is 1.07. The zero-order valence-corrected chi connectivity index (χ0v) is 9.27. The van der Waals surface area contributed by atoms with Crippen LogP contribution >= 0.6 is 0 Å². The van der Waals surface area contributed by atoms with Crippen molar-refractivity contribution in [2.24, 2.45) is 5.73 Å². The maximum absolute atomic E-state index is 12.5. The second kappa shape index (κ2) is 5.10. The van der Waals surface area contributed by atoms with Gasteiger partial charge in [-0.15, -0.1) is 0 Å². The Kier molecular flexibility index (Phi) is 4.12. The van der Waals surface area contributed by atoms with Crippen LogP contribution in [0.3, 0.4) is 0 Å². The number of benzene rings is 1. The van der Waals surface area contributed by atoms with Crippen LogP contribution in [0.5, 0.6) is 0 Å². The van der Waals surface area contributed by atoms with Gasteiger partial charge in [0.1, 0.15) is 0 Å². The second-order valence-corrected chi connectivity index (χ2v) is 3.71. The van der Waals surface area contributed by atoms with Crippen molar-refractivity contribution in [1.29, 1.82) is 0 Å². The summed E-state index contributed by atoms with van der Waals surface area (Å²) in [6.07, 6.45) is -9.35. The predicted octanol–water partition coefficient (Wildman–Crippen LogP) is 3.15. The number of hydrogen-bond donors (Lipinski definition) is 1. The first-order valence-electron chi connectivity index (χ1n) is 4.91. The Morgan fingerprint density at radius 3 is 1.74 bits per heavy atom. The number of carbonyl (C=O) groups excluding carboxylic acids is 1. The molecule has 2 nitrogen and oxygen atoms in total. The topological polar surface area (TPSA) is 43.1 Å². The normalized spacial score (nSPS) is 12.5. The van der Waals surface area contributed by atoms with E-state index in [1.54, 1.807) is 0 Å². The second-order valence-electron chi connectivity index (χ2n) is 3.71. The van der Waals surface area contributed by atoms with Gasteiger partial charge in [-0.3, -0.25) is 4.79 Å². The first-order valence-corrected chi connectivity index (χ1v) is 4.91. The monoisotopic (exact) mass is 284 g/mol. The number of carbonyl (C=O) groups is 1. The molecule has 1 aromatic carbocycles. The number of hydrogen-bond acceptors (Lipinski definition) is 1. The van der Waals surface area contributed by atoms with Crippen LogP contribution in [0.2, 0.25) is 0 Å². The maximum Gasteiger partial charge on any atom is 0.416 e. The Hall–Kier alpha value is -1.73. The summed E-state index contributed by atoms with van der Waals surface area (Å²) in [5.41, 5.74) is 1.55. The third kappa shape index (κ3) is 4.46. The van der Waals surface area contributed by atoms with Crippen LogP contribution in [0.1, 0.15) is 23.1 Å². The van der Waals surface area contributed by atoms with Crippen LogP contribution in [0.25, 0.3) is 0 Å².